The third kappa shape index (κ3) is 5.74. The summed E-state index contributed by atoms with van der Waals surface area (Å²) in [6.07, 6.45) is 5.11. The lowest BCUT2D eigenvalue weighted by Crippen LogP contribution is -2.18. The maximum atomic E-state index is 5.70. The van der Waals surface area contributed by atoms with Crippen molar-refractivity contribution in [2.24, 2.45) is 0 Å². The molecule has 1 aromatic heterocycles. The summed E-state index contributed by atoms with van der Waals surface area (Å²) in [5.41, 5.74) is 2.33. The van der Waals surface area contributed by atoms with Crippen molar-refractivity contribution in [3.63, 3.8) is 0 Å². The van der Waals surface area contributed by atoms with Crippen molar-refractivity contribution in [2.75, 3.05) is 13.2 Å². The molecule has 0 spiro atoms. The number of nitrogens with one attached hydrogen (secondary N) is 1. The molecule has 0 aliphatic heterocycles. The van der Waals surface area contributed by atoms with E-state index >= 15 is 0 Å². The predicted octanol–water partition coefficient (Wildman–Crippen LogP) is 3.83. The Kier molecular flexibility index (Phi) is 6.73. The van der Waals surface area contributed by atoms with Crippen LogP contribution in [0.25, 0.3) is 0 Å². The standard InChI is InChI=1S/C17H28N2O/c1-6-8-10-20-16-12-14(13-18-9-7-2)11-15(19-16)17(3,4)5/h6,8,11-12,18H,7,9-10,13H2,1-5H3/b8-6+. The molecule has 112 valence electrons. The number of nitrogens with zero attached hydrogens (tertiary/aromatic N) is 1. The lowest BCUT2D eigenvalue weighted by Gasteiger charge is -2.20. The van der Waals surface area contributed by atoms with Crippen LogP contribution in [0.3, 0.4) is 0 Å². The minimum atomic E-state index is 0.0273. The van der Waals surface area contributed by atoms with E-state index < -0.39 is 0 Å². The zero-order valence-corrected chi connectivity index (χ0v) is 13.5. The average molecular weight is 276 g/mol. The van der Waals surface area contributed by atoms with E-state index in [-0.39, 0.29) is 5.41 Å². The number of hydrogen-bond donors (Lipinski definition) is 1. The van der Waals surface area contributed by atoms with E-state index in [0.717, 1.165) is 25.2 Å². The Morgan fingerprint density at radius 1 is 1.30 bits per heavy atom. The molecule has 1 heterocycles. The molecule has 0 bridgehead atoms. The molecule has 0 saturated heterocycles. The van der Waals surface area contributed by atoms with Gasteiger partial charge in [-0.15, -0.1) is 0 Å². The largest absolute Gasteiger partial charge is 0.473 e. The summed E-state index contributed by atoms with van der Waals surface area (Å²) in [6.45, 7) is 13.1. The van der Waals surface area contributed by atoms with Crippen LogP contribution in [0, 0.1) is 0 Å². The smallest absolute Gasteiger partial charge is 0.214 e. The SMILES string of the molecule is C/C=C/COc1cc(CNCCC)cc(C(C)(C)C)n1. The Bertz CT molecular complexity index is 433. The van der Waals surface area contributed by atoms with Crippen molar-refractivity contribution < 1.29 is 4.74 Å². The molecule has 3 heteroatoms. The molecule has 1 rings (SSSR count). The van der Waals surface area contributed by atoms with Gasteiger partial charge >= 0.3 is 0 Å². The lowest BCUT2D eigenvalue weighted by molar-refractivity contribution is 0.343. The molecule has 0 atom stereocenters. The normalized spacial score (nSPS) is 12.1. The molecule has 0 unspecified atom stereocenters. The Labute approximate surface area is 123 Å². The van der Waals surface area contributed by atoms with Gasteiger partial charge in [0.25, 0.3) is 0 Å². The Morgan fingerprint density at radius 3 is 2.65 bits per heavy atom. The second-order valence-electron chi connectivity index (χ2n) is 6.01. The van der Waals surface area contributed by atoms with Gasteiger partial charge in [-0.2, -0.15) is 0 Å². The summed E-state index contributed by atoms with van der Waals surface area (Å²) in [5.74, 6) is 0.712. The van der Waals surface area contributed by atoms with Gasteiger partial charge in [0.05, 0.1) is 5.69 Å². The zero-order chi connectivity index (χ0) is 15.0. The highest BCUT2D eigenvalue weighted by Gasteiger charge is 2.17. The summed E-state index contributed by atoms with van der Waals surface area (Å²) < 4.78 is 5.70. The highest BCUT2D eigenvalue weighted by atomic mass is 16.5. The Hall–Kier alpha value is -1.35. The van der Waals surface area contributed by atoms with Gasteiger partial charge in [0, 0.05) is 18.0 Å². The second-order valence-corrected chi connectivity index (χ2v) is 6.01. The maximum absolute atomic E-state index is 5.70. The molecule has 0 amide bonds. The Balaban J connectivity index is 2.89. The molecule has 0 aliphatic carbocycles. The molecule has 0 saturated carbocycles. The average Bonchev–Trinajstić information content (AvgIpc) is 2.38. The first-order chi connectivity index (χ1) is 9.47. The van der Waals surface area contributed by atoms with Crippen molar-refractivity contribution >= 4 is 0 Å². The van der Waals surface area contributed by atoms with E-state index in [1.165, 1.54) is 5.56 Å². The van der Waals surface area contributed by atoms with E-state index in [9.17, 15) is 0 Å². The van der Waals surface area contributed by atoms with Gasteiger partial charge in [0.15, 0.2) is 0 Å². The molecular weight excluding hydrogens is 248 g/mol. The summed E-state index contributed by atoms with van der Waals surface area (Å²) in [5, 5.41) is 3.43. The van der Waals surface area contributed by atoms with E-state index in [4.69, 9.17) is 4.74 Å². The number of aromatic nitrogens is 1. The summed E-state index contributed by atoms with van der Waals surface area (Å²) in [6, 6.07) is 4.20. The monoisotopic (exact) mass is 276 g/mol. The van der Waals surface area contributed by atoms with Gasteiger partial charge in [-0.3, -0.25) is 0 Å². The minimum absolute atomic E-state index is 0.0273. The van der Waals surface area contributed by atoms with Gasteiger partial charge in [-0.25, -0.2) is 4.98 Å². The van der Waals surface area contributed by atoms with E-state index in [1.807, 2.05) is 25.1 Å². The zero-order valence-electron chi connectivity index (χ0n) is 13.5. The molecule has 3 nitrogen and oxygen atoms in total. The molecule has 0 radical (unpaired) electrons. The van der Waals surface area contributed by atoms with Crippen LogP contribution in [0.2, 0.25) is 0 Å². The summed E-state index contributed by atoms with van der Waals surface area (Å²) in [4.78, 5) is 4.62. The van der Waals surface area contributed by atoms with Crippen LogP contribution in [0.15, 0.2) is 24.3 Å². The van der Waals surface area contributed by atoms with Crippen LogP contribution in [0.1, 0.15) is 52.3 Å². The molecule has 1 N–H and O–H groups in total. The highest BCUT2D eigenvalue weighted by Crippen LogP contribution is 2.24. The fourth-order valence-electron chi connectivity index (χ4n) is 1.76. The number of rotatable bonds is 7. The first kappa shape index (κ1) is 16.7. The van der Waals surface area contributed by atoms with E-state index in [2.05, 4.69) is 44.1 Å². The van der Waals surface area contributed by atoms with Gasteiger partial charge in [-0.1, -0.05) is 39.8 Å². The van der Waals surface area contributed by atoms with Gasteiger partial charge in [0.2, 0.25) is 5.88 Å². The third-order valence-corrected chi connectivity index (χ3v) is 2.95. The maximum Gasteiger partial charge on any atom is 0.214 e. The van der Waals surface area contributed by atoms with Crippen molar-refractivity contribution in [1.29, 1.82) is 0 Å². The third-order valence-electron chi connectivity index (χ3n) is 2.95. The van der Waals surface area contributed by atoms with Crippen LogP contribution < -0.4 is 10.1 Å². The molecule has 0 fully saturated rings. The second kappa shape index (κ2) is 8.05. The van der Waals surface area contributed by atoms with Gasteiger partial charge in [-0.05, 0) is 31.5 Å². The molecule has 20 heavy (non-hydrogen) atoms. The van der Waals surface area contributed by atoms with E-state index in [1.54, 1.807) is 0 Å². The lowest BCUT2D eigenvalue weighted by atomic mass is 9.91. The number of pyridine rings is 1. The van der Waals surface area contributed by atoms with Gasteiger partial charge < -0.3 is 10.1 Å². The van der Waals surface area contributed by atoms with Crippen LogP contribution in [-0.4, -0.2) is 18.1 Å². The van der Waals surface area contributed by atoms with Crippen molar-refractivity contribution in [2.45, 2.75) is 53.0 Å². The first-order valence-electron chi connectivity index (χ1n) is 7.43. The van der Waals surface area contributed by atoms with Crippen LogP contribution in [-0.2, 0) is 12.0 Å². The molecular formula is C17H28N2O. The fourth-order valence-corrected chi connectivity index (χ4v) is 1.76. The quantitative estimate of drug-likeness (QED) is 0.607. The van der Waals surface area contributed by atoms with Crippen LogP contribution >= 0.6 is 0 Å². The van der Waals surface area contributed by atoms with Crippen molar-refractivity contribution in [3.8, 4) is 5.88 Å². The van der Waals surface area contributed by atoms with Gasteiger partial charge in [0.1, 0.15) is 6.61 Å². The predicted molar refractivity (Wildman–Crippen MR) is 85.2 cm³/mol. The van der Waals surface area contributed by atoms with E-state index in [0.29, 0.717) is 12.5 Å². The summed E-state index contributed by atoms with van der Waals surface area (Å²) in [7, 11) is 0. The first-order valence-corrected chi connectivity index (χ1v) is 7.43. The van der Waals surface area contributed by atoms with Crippen LogP contribution in [0.5, 0.6) is 5.88 Å². The summed E-state index contributed by atoms with van der Waals surface area (Å²) >= 11 is 0. The molecule has 0 aromatic carbocycles. The Morgan fingerprint density at radius 2 is 2.05 bits per heavy atom. The van der Waals surface area contributed by atoms with Crippen molar-refractivity contribution in [3.05, 3.63) is 35.5 Å². The number of hydrogen-bond acceptors (Lipinski definition) is 3. The fraction of sp³-hybridized carbons (Fsp3) is 0.588. The molecule has 0 aliphatic rings. The van der Waals surface area contributed by atoms with Crippen LogP contribution in [0.4, 0.5) is 0 Å². The number of allylic oxidation sites excluding steroid dienone is 1. The van der Waals surface area contributed by atoms with Crippen molar-refractivity contribution in [1.82, 2.24) is 10.3 Å². The number of ether oxygens (including phenoxy) is 1. The molecule has 1 aromatic rings. The minimum Gasteiger partial charge on any atom is -0.473 e. The topological polar surface area (TPSA) is 34.1 Å². The highest BCUT2D eigenvalue weighted by molar-refractivity contribution is 5.28.